The quantitative estimate of drug-likeness (QED) is 0.796. The molecule has 5 heteroatoms. The SMILES string of the molecule is CCc1nc(C(=O)NC(C)CC(C)C)n[nH]1. The molecule has 16 heavy (non-hydrogen) atoms. The average Bonchev–Trinajstić information content (AvgIpc) is 2.64. The molecule has 0 aromatic carbocycles. The van der Waals surface area contributed by atoms with Gasteiger partial charge in [0.1, 0.15) is 5.82 Å². The molecule has 0 spiro atoms. The minimum absolute atomic E-state index is 0.149. The van der Waals surface area contributed by atoms with Crippen LogP contribution in [-0.2, 0) is 6.42 Å². The fourth-order valence-electron chi connectivity index (χ4n) is 1.61. The van der Waals surface area contributed by atoms with Gasteiger partial charge in [-0.2, -0.15) is 0 Å². The standard InChI is InChI=1S/C11H20N4O/c1-5-9-13-10(15-14-9)11(16)12-8(4)6-7(2)3/h7-8H,5-6H2,1-4H3,(H,12,16)(H,13,14,15). The Morgan fingerprint density at radius 1 is 1.44 bits per heavy atom. The van der Waals surface area contributed by atoms with Crippen LogP contribution in [0.4, 0.5) is 0 Å². The number of aromatic amines is 1. The van der Waals surface area contributed by atoms with Gasteiger partial charge >= 0.3 is 0 Å². The number of rotatable bonds is 5. The summed E-state index contributed by atoms with van der Waals surface area (Å²) in [5, 5.41) is 9.48. The van der Waals surface area contributed by atoms with Gasteiger partial charge in [-0.3, -0.25) is 9.89 Å². The number of amides is 1. The van der Waals surface area contributed by atoms with E-state index in [2.05, 4.69) is 34.3 Å². The number of carbonyl (C=O) groups excluding carboxylic acids is 1. The van der Waals surface area contributed by atoms with Gasteiger partial charge in [-0.05, 0) is 19.3 Å². The lowest BCUT2D eigenvalue weighted by atomic mass is 10.1. The Morgan fingerprint density at radius 2 is 2.12 bits per heavy atom. The van der Waals surface area contributed by atoms with Crippen LogP contribution < -0.4 is 5.32 Å². The molecule has 0 saturated carbocycles. The van der Waals surface area contributed by atoms with E-state index in [0.717, 1.165) is 18.7 Å². The lowest BCUT2D eigenvalue weighted by Gasteiger charge is -2.14. The van der Waals surface area contributed by atoms with E-state index in [1.165, 1.54) is 0 Å². The van der Waals surface area contributed by atoms with E-state index in [-0.39, 0.29) is 17.8 Å². The van der Waals surface area contributed by atoms with Crippen LogP contribution in [0.15, 0.2) is 0 Å². The Kier molecular flexibility index (Phi) is 4.46. The molecule has 0 saturated heterocycles. The fourth-order valence-corrected chi connectivity index (χ4v) is 1.61. The summed E-state index contributed by atoms with van der Waals surface area (Å²) >= 11 is 0. The highest BCUT2D eigenvalue weighted by molar-refractivity contribution is 5.90. The van der Waals surface area contributed by atoms with Crippen molar-refractivity contribution in [3.8, 4) is 0 Å². The monoisotopic (exact) mass is 224 g/mol. The van der Waals surface area contributed by atoms with Crippen molar-refractivity contribution in [3.63, 3.8) is 0 Å². The molecule has 0 aliphatic heterocycles. The van der Waals surface area contributed by atoms with Crippen molar-refractivity contribution in [2.45, 2.75) is 46.6 Å². The number of hydrogen-bond donors (Lipinski definition) is 2. The molecule has 1 heterocycles. The molecule has 90 valence electrons. The average molecular weight is 224 g/mol. The van der Waals surface area contributed by atoms with E-state index in [4.69, 9.17) is 0 Å². The van der Waals surface area contributed by atoms with Gasteiger partial charge in [0.15, 0.2) is 0 Å². The first kappa shape index (κ1) is 12.7. The molecule has 1 amide bonds. The second-order valence-electron chi connectivity index (χ2n) is 4.46. The first-order chi connectivity index (χ1) is 7.52. The molecule has 0 fully saturated rings. The number of hydrogen-bond acceptors (Lipinski definition) is 3. The molecule has 1 rings (SSSR count). The number of H-pyrrole nitrogens is 1. The highest BCUT2D eigenvalue weighted by Gasteiger charge is 2.14. The topological polar surface area (TPSA) is 70.7 Å². The predicted molar refractivity (Wildman–Crippen MR) is 62.1 cm³/mol. The first-order valence-electron chi connectivity index (χ1n) is 5.75. The van der Waals surface area contributed by atoms with Crippen molar-refractivity contribution >= 4 is 5.91 Å². The van der Waals surface area contributed by atoms with Crippen LogP contribution in [0.3, 0.4) is 0 Å². The summed E-state index contributed by atoms with van der Waals surface area (Å²) in [6, 6.07) is 0.149. The second-order valence-corrected chi connectivity index (χ2v) is 4.46. The molecule has 2 N–H and O–H groups in total. The van der Waals surface area contributed by atoms with Gasteiger partial charge in [0.2, 0.25) is 5.82 Å². The van der Waals surface area contributed by atoms with E-state index >= 15 is 0 Å². The highest BCUT2D eigenvalue weighted by atomic mass is 16.2. The van der Waals surface area contributed by atoms with E-state index in [1.807, 2.05) is 13.8 Å². The zero-order valence-electron chi connectivity index (χ0n) is 10.4. The molecule has 1 aromatic heterocycles. The number of nitrogens with one attached hydrogen (secondary N) is 2. The molecule has 1 aromatic rings. The molecule has 1 atom stereocenters. The Morgan fingerprint density at radius 3 is 2.62 bits per heavy atom. The van der Waals surface area contributed by atoms with E-state index in [9.17, 15) is 4.79 Å². The minimum atomic E-state index is -0.205. The summed E-state index contributed by atoms with van der Waals surface area (Å²) in [6.07, 6.45) is 1.71. The maximum atomic E-state index is 11.7. The molecule has 0 aliphatic carbocycles. The summed E-state index contributed by atoms with van der Waals surface area (Å²) < 4.78 is 0. The Hall–Kier alpha value is -1.39. The fraction of sp³-hybridized carbons (Fsp3) is 0.727. The number of aromatic nitrogens is 3. The van der Waals surface area contributed by atoms with E-state index < -0.39 is 0 Å². The smallest absolute Gasteiger partial charge is 0.291 e. The second kappa shape index (κ2) is 5.63. The third kappa shape index (κ3) is 3.64. The lowest BCUT2D eigenvalue weighted by molar-refractivity contribution is 0.0926. The van der Waals surface area contributed by atoms with Crippen LogP contribution in [-0.4, -0.2) is 27.1 Å². The number of carbonyl (C=O) groups is 1. The van der Waals surface area contributed by atoms with Crippen LogP contribution >= 0.6 is 0 Å². The first-order valence-corrected chi connectivity index (χ1v) is 5.75. The summed E-state index contributed by atoms with van der Waals surface area (Å²) in [7, 11) is 0. The maximum absolute atomic E-state index is 11.7. The summed E-state index contributed by atoms with van der Waals surface area (Å²) in [4.78, 5) is 15.8. The molecular formula is C11H20N4O. The molecular weight excluding hydrogens is 204 g/mol. The van der Waals surface area contributed by atoms with E-state index in [1.54, 1.807) is 0 Å². The van der Waals surface area contributed by atoms with Gasteiger partial charge in [-0.25, -0.2) is 4.98 Å². The van der Waals surface area contributed by atoms with Gasteiger partial charge in [0.25, 0.3) is 5.91 Å². The van der Waals surface area contributed by atoms with Crippen molar-refractivity contribution in [1.82, 2.24) is 20.5 Å². The predicted octanol–water partition coefficient (Wildman–Crippen LogP) is 1.53. The van der Waals surface area contributed by atoms with Crippen molar-refractivity contribution in [2.75, 3.05) is 0 Å². The van der Waals surface area contributed by atoms with Crippen LogP contribution in [0.25, 0.3) is 0 Å². The highest BCUT2D eigenvalue weighted by Crippen LogP contribution is 2.04. The van der Waals surface area contributed by atoms with Crippen LogP contribution in [0.1, 0.15) is 50.6 Å². The Labute approximate surface area is 96.0 Å². The minimum Gasteiger partial charge on any atom is -0.347 e. The summed E-state index contributed by atoms with van der Waals surface area (Å²) in [6.45, 7) is 8.21. The Balaban J connectivity index is 2.51. The van der Waals surface area contributed by atoms with Crippen LogP contribution in [0.5, 0.6) is 0 Å². The molecule has 5 nitrogen and oxygen atoms in total. The van der Waals surface area contributed by atoms with Gasteiger partial charge in [-0.15, -0.1) is 5.10 Å². The third-order valence-electron chi connectivity index (χ3n) is 2.27. The van der Waals surface area contributed by atoms with Gasteiger partial charge in [-0.1, -0.05) is 20.8 Å². The van der Waals surface area contributed by atoms with Crippen molar-refractivity contribution in [2.24, 2.45) is 5.92 Å². The molecule has 1 unspecified atom stereocenters. The number of aryl methyl sites for hydroxylation is 1. The number of nitrogens with zero attached hydrogens (tertiary/aromatic N) is 2. The Bertz CT molecular complexity index is 346. The lowest BCUT2D eigenvalue weighted by Crippen LogP contribution is -2.34. The summed E-state index contributed by atoms with van der Waals surface area (Å²) in [5.74, 6) is 1.33. The third-order valence-corrected chi connectivity index (χ3v) is 2.27. The van der Waals surface area contributed by atoms with Gasteiger partial charge in [0.05, 0.1) is 0 Å². The maximum Gasteiger partial charge on any atom is 0.291 e. The van der Waals surface area contributed by atoms with E-state index in [0.29, 0.717) is 5.92 Å². The van der Waals surface area contributed by atoms with Crippen LogP contribution in [0, 0.1) is 5.92 Å². The normalized spacial score (nSPS) is 12.8. The van der Waals surface area contributed by atoms with Crippen molar-refractivity contribution < 1.29 is 4.79 Å². The van der Waals surface area contributed by atoms with Crippen molar-refractivity contribution in [1.29, 1.82) is 0 Å². The molecule has 0 radical (unpaired) electrons. The van der Waals surface area contributed by atoms with Crippen LogP contribution in [0.2, 0.25) is 0 Å². The van der Waals surface area contributed by atoms with Crippen molar-refractivity contribution in [3.05, 3.63) is 11.6 Å². The van der Waals surface area contributed by atoms with Gasteiger partial charge < -0.3 is 5.32 Å². The zero-order chi connectivity index (χ0) is 12.1. The summed E-state index contributed by atoms with van der Waals surface area (Å²) in [5.41, 5.74) is 0. The van der Waals surface area contributed by atoms with Gasteiger partial charge in [0, 0.05) is 12.5 Å². The zero-order valence-corrected chi connectivity index (χ0v) is 10.4. The largest absolute Gasteiger partial charge is 0.347 e. The molecule has 0 aliphatic rings. The molecule has 0 bridgehead atoms.